The van der Waals surface area contributed by atoms with E-state index >= 15 is 0 Å². The van der Waals surface area contributed by atoms with Crippen LogP contribution in [0, 0.1) is 0 Å². The molecule has 1 aliphatic heterocycles. The van der Waals surface area contributed by atoms with Crippen molar-refractivity contribution in [2.75, 3.05) is 10.6 Å². The third-order valence-corrected chi connectivity index (χ3v) is 4.29. The van der Waals surface area contributed by atoms with Crippen LogP contribution in [0.15, 0.2) is 48.5 Å². The first kappa shape index (κ1) is 15.1. The highest BCUT2D eigenvalue weighted by Crippen LogP contribution is 2.30. The number of hydrogen-bond acceptors (Lipinski definition) is 4. The van der Waals surface area contributed by atoms with E-state index in [2.05, 4.69) is 15.6 Å². The topological polar surface area (TPSA) is 97.1 Å². The van der Waals surface area contributed by atoms with Crippen molar-refractivity contribution in [2.45, 2.75) is 13.0 Å². The van der Waals surface area contributed by atoms with Crippen molar-refractivity contribution in [3.63, 3.8) is 0 Å². The smallest absolute Gasteiger partial charge is 0.248 e. The Hall–Kier alpha value is -3.41. The van der Waals surface area contributed by atoms with E-state index < -0.39 is 5.91 Å². The van der Waals surface area contributed by atoms with E-state index in [1.54, 1.807) is 12.1 Å². The highest BCUT2D eigenvalue weighted by molar-refractivity contribution is 6.05. The molecule has 124 valence electrons. The normalized spacial score (nSPS) is 12.7. The predicted octanol–water partition coefficient (Wildman–Crippen LogP) is 2.44. The molecule has 6 nitrogen and oxygen atoms in total. The maximum atomic E-state index is 11.6. The van der Waals surface area contributed by atoms with Crippen LogP contribution in [0.5, 0.6) is 0 Å². The molecule has 0 atom stereocenters. The summed E-state index contributed by atoms with van der Waals surface area (Å²) in [7, 11) is 0. The van der Waals surface area contributed by atoms with Crippen molar-refractivity contribution < 1.29 is 9.59 Å². The van der Waals surface area contributed by atoms with E-state index in [-0.39, 0.29) is 5.91 Å². The number of pyridine rings is 1. The number of amides is 2. The zero-order chi connectivity index (χ0) is 17.4. The molecule has 0 saturated heterocycles. The maximum absolute atomic E-state index is 11.6. The number of primary amides is 1. The summed E-state index contributed by atoms with van der Waals surface area (Å²) in [6, 6.07) is 14.8. The molecule has 0 radical (unpaired) electrons. The summed E-state index contributed by atoms with van der Waals surface area (Å²) >= 11 is 0. The van der Waals surface area contributed by atoms with Crippen LogP contribution >= 0.6 is 0 Å². The number of benzene rings is 2. The van der Waals surface area contributed by atoms with Crippen molar-refractivity contribution in [3.05, 3.63) is 65.4 Å². The minimum absolute atomic E-state index is 0.0210. The average molecular weight is 332 g/mol. The number of rotatable bonds is 4. The molecule has 25 heavy (non-hydrogen) atoms. The van der Waals surface area contributed by atoms with Crippen LogP contribution in [0.2, 0.25) is 0 Å². The first-order chi connectivity index (χ1) is 12.1. The Kier molecular flexibility index (Phi) is 3.57. The van der Waals surface area contributed by atoms with Crippen LogP contribution in [0.25, 0.3) is 10.9 Å². The summed E-state index contributed by atoms with van der Waals surface area (Å²) in [6.07, 6.45) is 0.401. The number of nitrogens with two attached hydrogens (primary N) is 1. The Bertz CT molecular complexity index is 996. The lowest BCUT2D eigenvalue weighted by molar-refractivity contribution is -0.115. The van der Waals surface area contributed by atoms with Gasteiger partial charge >= 0.3 is 0 Å². The molecule has 4 N–H and O–H groups in total. The molecule has 0 unspecified atom stereocenters. The predicted molar refractivity (Wildman–Crippen MR) is 96.4 cm³/mol. The lowest BCUT2D eigenvalue weighted by Gasteiger charge is -2.09. The molecule has 0 saturated carbocycles. The van der Waals surface area contributed by atoms with Crippen molar-refractivity contribution in [3.8, 4) is 0 Å². The Morgan fingerprint density at radius 2 is 1.92 bits per heavy atom. The average Bonchev–Trinajstić information content (AvgIpc) is 3.00. The summed E-state index contributed by atoms with van der Waals surface area (Å²) in [6.45, 7) is 0.556. The van der Waals surface area contributed by atoms with E-state index in [1.807, 2.05) is 36.4 Å². The van der Waals surface area contributed by atoms with Gasteiger partial charge in [-0.2, -0.15) is 0 Å². The van der Waals surface area contributed by atoms with Gasteiger partial charge in [-0.25, -0.2) is 0 Å². The second-order valence-electron chi connectivity index (χ2n) is 5.98. The van der Waals surface area contributed by atoms with Gasteiger partial charge in [-0.1, -0.05) is 6.07 Å². The highest BCUT2D eigenvalue weighted by Gasteiger charge is 2.20. The van der Waals surface area contributed by atoms with Crippen LogP contribution in [-0.4, -0.2) is 16.8 Å². The molecule has 0 spiro atoms. The van der Waals surface area contributed by atoms with Gasteiger partial charge in [0, 0.05) is 22.3 Å². The molecule has 1 aromatic heterocycles. The van der Waals surface area contributed by atoms with Crippen LogP contribution in [0.4, 0.5) is 11.4 Å². The highest BCUT2D eigenvalue weighted by atomic mass is 16.2. The Labute approximate surface area is 144 Å². The minimum atomic E-state index is -0.441. The Morgan fingerprint density at radius 1 is 1.12 bits per heavy atom. The second kappa shape index (κ2) is 5.90. The van der Waals surface area contributed by atoms with Gasteiger partial charge in [0.25, 0.3) is 0 Å². The molecule has 0 bridgehead atoms. The van der Waals surface area contributed by atoms with Crippen LogP contribution in [0.3, 0.4) is 0 Å². The van der Waals surface area contributed by atoms with Gasteiger partial charge in [0.1, 0.15) is 0 Å². The zero-order valence-electron chi connectivity index (χ0n) is 13.4. The standard InChI is InChI=1S/C19H16N4O2/c20-19(25)11-1-3-12(4-2-11)21-10-13-5-6-14-15-9-18(24)23-17(15)8-7-16(14)22-13/h1-8,21H,9-10H2,(H2,20,25)(H,23,24). The summed E-state index contributed by atoms with van der Waals surface area (Å²) in [5.74, 6) is -0.420. The third kappa shape index (κ3) is 2.89. The molecule has 2 amide bonds. The van der Waals surface area contributed by atoms with Crippen molar-refractivity contribution in [2.24, 2.45) is 5.73 Å². The monoisotopic (exact) mass is 332 g/mol. The molecule has 2 aromatic carbocycles. The summed E-state index contributed by atoms with van der Waals surface area (Å²) < 4.78 is 0. The van der Waals surface area contributed by atoms with Crippen molar-refractivity contribution in [1.82, 2.24) is 4.98 Å². The quantitative estimate of drug-likeness (QED) is 0.683. The molecule has 0 fully saturated rings. The molecule has 4 rings (SSSR count). The molecule has 6 heteroatoms. The van der Waals surface area contributed by atoms with E-state index in [4.69, 9.17) is 5.73 Å². The van der Waals surface area contributed by atoms with Gasteiger partial charge in [-0.05, 0) is 48.0 Å². The zero-order valence-corrected chi connectivity index (χ0v) is 13.4. The van der Waals surface area contributed by atoms with E-state index in [0.717, 1.165) is 33.5 Å². The summed E-state index contributed by atoms with van der Waals surface area (Å²) in [4.78, 5) is 27.3. The first-order valence-electron chi connectivity index (χ1n) is 7.95. The van der Waals surface area contributed by atoms with E-state index in [9.17, 15) is 9.59 Å². The molecule has 0 aliphatic carbocycles. The fourth-order valence-electron chi connectivity index (χ4n) is 3.01. The summed E-state index contributed by atoms with van der Waals surface area (Å²) in [5, 5.41) is 7.13. The number of fused-ring (bicyclic) bond motifs is 3. The molecule has 3 aromatic rings. The minimum Gasteiger partial charge on any atom is -0.379 e. The van der Waals surface area contributed by atoms with Crippen molar-refractivity contribution in [1.29, 1.82) is 0 Å². The van der Waals surface area contributed by atoms with Crippen molar-refractivity contribution >= 4 is 34.1 Å². The van der Waals surface area contributed by atoms with Crippen LogP contribution in [0.1, 0.15) is 21.6 Å². The first-order valence-corrected chi connectivity index (χ1v) is 7.95. The van der Waals surface area contributed by atoms with Gasteiger partial charge in [0.15, 0.2) is 0 Å². The van der Waals surface area contributed by atoms with Gasteiger partial charge in [-0.15, -0.1) is 0 Å². The number of anilines is 2. The lowest BCUT2D eigenvalue weighted by Crippen LogP contribution is -2.10. The number of nitrogens with one attached hydrogen (secondary N) is 2. The number of carbonyl (C=O) groups excluding carboxylic acids is 2. The Balaban J connectivity index is 1.53. The molecular weight excluding hydrogens is 316 g/mol. The fraction of sp³-hybridized carbons (Fsp3) is 0.105. The van der Waals surface area contributed by atoms with E-state index in [1.165, 1.54) is 0 Å². The molecule has 2 heterocycles. The van der Waals surface area contributed by atoms with Gasteiger partial charge in [-0.3, -0.25) is 14.6 Å². The lowest BCUT2D eigenvalue weighted by atomic mass is 10.1. The maximum Gasteiger partial charge on any atom is 0.248 e. The second-order valence-corrected chi connectivity index (χ2v) is 5.98. The molecular formula is C19H16N4O2. The van der Waals surface area contributed by atoms with Gasteiger partial charge in [0.2, 0.25) is 11.8 Å². The van der Waals surface area contributed by atoms with Crippen LogP contribution < -0.4 is 16.4 Å². The van der Waals surface area contributed by atoms with Crippen LogP contribution in [-0.2, 0) is 17.8 Å². The number of aromatic nitrogens is 1. The van der Waals surface area contributed by atoms with Gasteiger partial charge < -0.3 is 16.4 Å². The Morgan fingerprint density at radius 3 is 2.68 bits per heavy atom. The summed E-state index contributed by atoms with van der Waals surface area (Å²) in [5.41, 5.74) is 10.2. The molecule has 1 aliphatic rings. The fourth-order valence-corrected chi connectivity index (χ4v) is 3.01. The largest absolute Gasteiger partial charge is 0.379 e. The third-order valence-electron chi connectivity index (χ3n) is 4.29. The number of hydrogen-bond donors (Lipinski definition) is 3. The van der Waals surface area contributed by atoms with Gasteiger partial charge in [0.05, 0.1) is 24.2 Å². The number of carbonyl (C=O) groups is 2. The van der Waals surface area contributed by atoms with E-state index in [0.29, 0.717) is 18.5 Å². The number of nitrogens with zero attached hydrogens (tertiary/aromatic N) is 1. The SMILES string of the molecule is NC(=O)c1ccc(NCc2ccc3c4c(ccc3n2)NC(=O)C4)cc1.